The van der Waals surface area contributed by atoms with Gasteiger partial charge in [-0.25, -0.2) is 13.6 Å². The second kappa shape index (κ2) is 6.82. The summed E-state index contributed by atoms with van der Waals surface area (Å²) in [5.41, 5.74) is 0.627. The van der Waals surface area contributed by atoms with E-state index in [1.807, 2.05) is 0 Å². The van der Waals surface area contributed by atoms with Crippen molar-refractivity contribution >= 4 is 11.9 Å². The number of carbonyl (C=O) groups is 2. The normalized spacial score (nSPS) is 13.6. The molecule has 1 amide bonds. The average Bonchev–Trinajstić information content (AvgIpc) is 2.35. The molecule has 0 saturated carbocycles. The molecule has 0 saturated heterocycles. The molecule has 2 atom stereocenters. The SMILES string of the molecule is CC(CC(=O)NC(CF)C(=O)O)c1cccc(F)c1. The lowest BCUT2D eigenvalue weighted by molar-refractivity contribution is -0.142. The number of halogens is 2. The number of carbonyl (C=O) groups excluding carboxylic acids is 1. The predicted molar refractivity (Wildman–Crippen MR) is 65.0 cm³/mol. The Hall–Kier alpha value is -1.98. The van der Waals surface area contributed by atoms with Crippen LogP contribution in [0, 0.1) is 5.82 Å². The van der Waals surface area contributed by atoms with Crippen molar-refractivity contribution in [2.24, 2.45) is 0 Å². The highest BCUT2D eigenvalue weighted by molar-refractivity contribution is 5.84. The van der Waals surface area contributed by atoms with Gasteiger partial charge in [-0.1, -0.05) is 19.1 Å². The van der Waals surface area contributed by atoms with Gasteiger partial charge in [-0.05, 0) is 23.6 Å². The number of aliphatic carboxylic acids is 1. The molecule has 1 aromatic rings. The monoisotopic (exact) mass is 271 g/mol. The Morgan fingerprint density at radius 2 is 2.11 bits per heavy atom. The van der Waals surface area contributed by atoms with Crippen LogP contribution in [-0.2, 0) is 9.59 Å². The lowest BCUT2D eigenvalue weighted by Crippen LogP contribution is -2.42. The molecule has 2 N–H and O–H groups in total. The molecule has 0 aromatic heterocycles. The van der Waals surface area contributed by atoms with Crippen LogP contribution in [0.4, 0.5) is 8.78 Å². The molecule has 0 aliphatic heterocycles. The number of hydrogen-bond donors (Lipinski definition) is 2. The number of alkyl halides is 1. The third-order valence-corrected chi connectivity index (χ3v) is 2.70. The molecule has 0 bridgehead atoms. The Labute approximate surface area is 109 Å². The Balaban J connectivity index is 2.59. The maximum absolute atomic E-state index is 13.0. The van der Waals surface area contributed by atoms with Crippen LogP contribution >= 0.6 is 0 Å². The molecule has 0 spiro atoms. The second-order valence-electron chi connectivity index (χ2n) is 4.27. The minimum atomic E-state index is -1.53. The molecule has 19 heavy (non-hydrogen) atoms. The lowest BCUT2D eigenvalue weighted by atomic mass is 9.97. The van der Waals surface area contributed by atoms with Gasteiger partial charge in [0.2, 0.25) is 5.91 Å². The Morgan fingerprint density at radius 1 is 1.42 bits per heavy atom. The van der Waals surface area contributed by atoms with Gasteiger partial charge in [0.05, 0.1) is 0 Å². The topological polar surface area (TPSA) is 66.4 Å². The average molecular weight is 271 g/mol. The fourth-order valence-electron chi connectivity index (χ4n) is 1.63. The Bertz CT molecular complexity index is 465. The summed E-state index contributed by atoms with van der Waals surface area (Å²) < 4.78 is 25.3. The van der Waals surface area contributed by atoms with Crippen LogP contribution in [-0.4, -0.2) is 29.7 Å². The molecular formula is C13H15F2NO3. The van der Waals surface area contributed by atoms with Gasteiger partial charge in [-0.2, -0.15) is 0 Å². The van der Waals surface area contributed by atoms with Crippen molar-refractivity contribution in [1.82, 2.24) is 5.32 Å². The van der Waals surface area contributed by atoms with E-state index in [2.05, 4.69) is 5.32 Å². The van der Waals surface area contributed by atoms with E-state index < -0.39 is 30.4 Å². The first-order valence-electron chi connectivity index (χ1n) is 5.77. The van der Waals surface area contributed by atoms with Gasteiger partial charge < -0.3 is 10.4 Å². The fraction of sp³-hybridized carbons (Fsp3) is 0.385. The first-order valence-corrected chi connectivity index (χ1v) is 5.77. The highest BCUT2D eigenvalue weighted by Gasteiger charge is 2.21. The molecular weight excluding hydrogens is 256 g/mol. The summed E-state index contributed by atoms with van der Waals surface area (Å²) in [6.07, 6.45) is -0.0345. The zero-order chi connectivity index (χ0) is 14.4. The van der Waals surface area contributed by atoms with Crippen molar-refractivity contribution in [1.29, 1.82) is 0 Å². The molecule has 104 valence electrons. The number of hydrogen-bond acceptors (Lipinski definition) is 2. The van der Waals surface area contributed by atoms with E-state index in [0.29, 0.717) is 5.56 Å². The largest absolute Gasteiger partial charge is 0.480 e. The van der Waals surface area contributed by atoms with Gasteiger partial charge in [-0.3, -0.25) is 4.79 Å². The lowest BCUT2D eigenvalue weighted by Gasteiger charge is -2.14. The highest BCUT2D eigenvalue weighted by Crippen LogP contribution is 2.19. The second-order valence-corrected chi connectivity index (χ2v) is 4.27. The van der Waals surface area contributed by atoms with Crippen LogP contribution in [0.1, 0.15) is 24.8 Å². The predicted octanol–water partition coefficient (Wildman–Crippen LogP) is 1.86. The summed E-state index contributed by atoms with van der Waals surface area (Å²) in [6.45, 7) is 0.537. The number of rotatable bonds is 6. The summed E-state index contributed by atoms with van der Waals surface area (Å²) >= 11 is 0. The van der Waals surface area contributed by atoms with Crippen molar-refractivity contribution in [2.75, 3.05) is 6.67 Å². The number of benzene rings is 1. The molecule has 0 radical (unpaired) electrons. The van der Waals surface area contributed by atoms with E-state index in [1.54, 1.807) is 13.0 Å². The minimum Gasteiger partial charge on any atom is -0.480 e. The van der Waals surface area contributed by atoms with E-state index in [1.165, 1.54) is 18.2 Å². The van der Waals surface area contributed by atoms with Crippen LogP contribution in [0.25, 0.3) is 0 Å². The highest BCUT2D eigenvalue weighted by atomic mass is 19.1. The standard InChI is InChI=1S/C13H15F2NO3/c1-8(9-3-2-4-10(15)6-9)5-12(17)16-11(7-14)13(18)19/h2-4,6,8,11H,5,7H2,1H3,(H,16,17)(H,18,19). The van der Waals surface area contributed by atoms with Crippen LogP contribution < -0.4 is 5.32 Å². The maximum atomic E-state index is 13.0. The maximum Gasteiger partial charge on any atom is 0.328 e. The third kappa shape index (κ3) is 4.65. The van der Waals surface area contributed by atoms with Gasteiger partial charge in [0.1, 0.15) is 12.5 Å². The first-order chi connectivity index (χ1) is 8.93. The molecule has 2 unspecified atom stereocenters. The summed E-state index contributed by atoms with van der Waals surface area (Å²) in [5, 5.41) is 10.7. The molecule has 0 fully saturated rings. The van der Waals surface area contributed by atoms with Gasteiger partial charge in [0.25, 0.3) is 0 Å². The number of carboxylic acids is 1. The van der Waals surface area contributed by atoms with Crippen LogP contribution in [0.3, 0.4) is 0 Å². The summed E-state index contributed by atoms with van der Waals surface area (Å²) in [5.74, 6) is -2.70. The van der Waals surface area contributed by atoms with Crippen molar-refractivity contribution in [2.45, 2.75) is 25.3 Å². The summed E-state index contributed by atoms with van der Waals surface area (Å²) in [4.78, 5) is 22.1. The molecule has 6 heteroatoms. The smallest absolute Gasteiger partial charge is 0.328 e. The Morgan fingerprint density at radius 3 is 2.63 bits per heavy atom. The third-order valence-electron chi connectivity index (χ3n) is 2.70. The van der Waals surface area contributed by atoms with E-state index in [0.717, 1.165) is 0 Å². The van der Waals surface area contributed by atoms with Crippen LogP contribution in [0.2, 0.25) is 0 Å². The van der Waals surface area contributed by atoms with Gasteiger partial charge in [0.15, 0.2) is 6.04 Å². The molecule has 1 rings (SSSR count). The van der Waals surface area contributed by atoms with Gasteiger partial charge >= 0.3 is 5.97 Å². The van der Waals surface area contributed by atoms with E-state index in [-0.39, 0.29) is 12.3 Å². The van der Waals surface area contributed by atoms with Crippen molar-refractivity contribution < 1.29 is 23.5 Å². The summed E-state index contributed by atoms with van der Waals surface area (Å²) in [7, 11) is 0. The zero-order valence-electron chi connectivity index (χ0n) is 10.4. The quantitative estimate of drug-likeness (QED) is 0.830. The van der Waals surface area contributed by atoms with E-state index in [4.69, 9.17) is 5.11 Å². The molecule has 4 nitrogen and oxygen atoms in total. The van der Waals surface area contributed by atoms with Crippen LogP contribution in [0.5, 0.6) is 0 Å². The van der Waals surface area contributed by atoms with E-state index >= 15 is 0 Å². The van der Waals surface area contributed by atoms with Crippen molar-refractivity contribution in [3.05, 3.63) is 35.6 Å². The van der Waals surface area contributed by atoms with Crippen molar-refractivity contribution in [3.63, 3.8) is 0 Å². The molecule has 0 aliphatic carbocycles. The summed E-state index contributed by atoms with van der Waals surface area (Å²) in [6, 6.07) is 4.26. The number of amides is 1. The zero-order valence-corrected chi connectivity index (χ0v) is 10.4. The van der Waals surface area contributed by atoms with Gasteiger partial charge in [0, 0.05) is 6.42 Å². The van der Waals surface area contributed by atoms with Gasteiger partial charge in [-0.15, -0.1) is 0 Å². The van der Waals surface area contributed by atoms with E-state index in [9.17, 15) is 18.4 Å². The Kier molecular flexibility index (Phi) is 5.41. The van der Waals surface area contributed by atoms with Crippen molar-refractivity contribution in [3.8, 4) is 0 Å². The minimum absolute atomic E-state index is 0.0345. The molecule has 1 aromatic carbocycles. The number of carboxylic acid groups (broad SMARTS) is 1. The van der Waals surface area contributed by atoms with Crippen LogP contribution in [0.15, 0.2) is 24.3 Å². The molecule has 0 heterocycles. The number of nitrogens with one attached hydrogen (secondary N) is 1. The fourth-order valence-corrected chi connectivity index (χ4v) is 1.63. The molecule has 0 aliphatic rings. The first kappa shape index (κ1) is 15.1.